The first-order valence-corrected chi connectivity index (χ1v) is 7.85. The van der Waals surface area contributed by atoms with Crippen LogP contribution in [0.15, 0.2) is 42.5 Å². The molecule has 0 unspecified atom stereocenters. The summed E-state index contributed by atoms with van der Waals surface area (Å²) in [4.78, 5) is 11.9. The third-order valence-corrected chi connectivity index (χ3v) is 3.76. The highest BCUT2D eigenvalue weighted by Crippen LogP contribution is 2.27. The summed E-state index contributed by atoms with van der Waals surface area (Å²) < 4.78 is 23.9. The van der Waals surface area contributed by atoms with Crippen LogP contribution in [0, 0.1) is 5.82 Å². The summed E-state index contributed by atoms with van der Waals surface area (Å²) in [6.07, 6.45) is 1.45. The molecule has 0 heterocycles. The number of rotatable bonds is 8. The van der Waals surface area contributed by atoms with Crippen molar-refractivity contribution in [2.75, 3.05) is 20.8 Å². The van der Waals surface area contributed by atoms with Crippen molar-refractivity contribution in [2.24, 2.45) is 0 Å². The highest BCUT2D eigenvalue weighted by atomic mass is 19.1. The Morgan fingerprint density at radius 3 is 2.50 bits per heavy atom. The number of carbonyl (C=O) groups is 1. The molecule has 0 saturated heterocycles. The average Bonchev–Trinajstić information content (AvgIpc) is 2.61. The highest BCUT2D eigenvalue weighted by molar-refractivity contribution is 5.76. The second-order valence-electron chi connectivity index (χ2n) is 5.38. The number of benzene rings is 2. The number of aryl methyl sites for hydroxylation is 1. The van der Waals surface area contributed by atoms with Crippen LogP contribution in [0.2, 0.25) is 0 Å². The second-order valence-corrected chi connectivity index (χ2v) is 5.38. The van der Waals surface area contributed by atoms with Crippen molar-refractivity contribution in [3.63, 3.8) is 0 Å². The largest absolute Gasteiger partial charge is 0.493 e. The molecule has 0 saturated carbocycles. The van der Waals surface area contributed by atoms with E-state index in [0.29, 0.717) is 42.9 Å². The molecule has 128 valence electrons. The van der Waals surface area contributed by atoms with Crippen molar-refractivity contribution < 1.29 is 18.7 Å². The molecule has 0 spiro atoms. The summed E-state index contributed by atoms with van der Waals surface area (Å²) in [6, 6.07) is 12.2. The molecule has 0 aliphatic heterocycles. The van der Waals surface area contributed by atoms with E-state index in [9.17, 15) is 9.18 Å². The Morgan fingerprint density at radius 1 is 1.04 bits per heavy atom. The van der Waals surface area contributed by atoms with Crippen molar-refractivity contribution in [1.29, 1.82) is 0 Å². The maximum atomic E-state index is 13.5. The van der Waals surface area contributed by atoms with Crippen LogP contribution in [0.3, 0.4) is 0 Å². The second kappa shape index (κ2) is 8.91. The van der Waals surface area contributed by atoms with Gasteiger partial charge in [0.05, 0.1) is 14.2 Å². The number of ether oxygens (including phenoxy) is 2. The predicted molar refractivity (Wildman–Crippen MR) is 91.0 cm³/mol. The third kappa shape index (κ3) is 4.98. The lowest BCUT2D eigenvalue weighted by Gasteiger charge is -2.10. The molecule has 24 heavy (non-hydrogen) atoms. The van der Waals surface area contributed by atoms with Gasteiger partial charge in [-0.3, -0.25) is 4.79 Å². The number of methoxy groups -OCH3 is 2. The van der Waals surface area contributed by atoms with Crippen molar-refractivity contribution in [3.8, 4) is 11.5 Å². The van der Waals surface area contributed by atoms with Crippen LogP contribution in [0.25, 0.3) is 0 Å². The Morgan fingerprint density at radius 2 is 1.79 bits per heavy atom. The van der Waals surface area contributed by atoms with Crippen LogP contribution in [0.4, 0.5) is 4.39 Å². The standard InChI is InChI=1S/C19H22FNO3/c1-23-17-9-7-14(13-18(17)24-2)8-10-19(22)21-12-11-15-5-3-4-6-16(15)20/h3-7,9,13H,8,10-12H2,1-2H3,(H,21,22). The molecule has 2 aromatic rings. The van der Waals surface area contributed by atoms with E-state index in [2.05, 4.69) is 5.32 Å². The highest BCUT2D eigenvalue weighted by Gasteiger charge is 2.07. The topological polar surface area (TPSA) is 47.6 Å². The van der Waals surface area contributed by atoms with Crippen LogP contribution < -0.4 is 14.8 Å². The van der Waals surface area contributed by atoms with E-state index in [0.717, 1.165) is 5.56 Å². The van der Waals surface area contributed by atoms with Crippen molar-refractivity contribution in [3.05, 3.63) is 59.4 Å². The lowest BCUT2D eigenvalue weighted by atomic mass is 10.1. The Balaban J connectivity index is 1.78. The number of halogens is 1. The summed E-state index contributed by atoms with van der Waals surface area (Å²) in [5.74, 6) is 1.02. The molecular weight excluding hydrogens is 309 g/mol. The van der Waals surface area contributed by atoms with Gasteiger partial charge in [-0.2, -0.15) is 0 Å². The van der Waals surface area contributed by atoms with Gasteiger partial charge in [0, 0.05) is 13.0 Å². The van der Waals surface area contributed by atoms with Gasteiger partial charge in [0.2, 0.25) is 5.91 Å². The van der Waals surface area contributed by atoms with Crippen molar-refractivity contribution in [1.82, 2.24) is 5.32 Å². The van der Waals surface area contributed by atoms with Crippen LogP contribution in [-0.4, -0.2) is 26.7 Å². The van der Waals surface area contributed by atoms with Gasteiger partial charge < -0.3 is 14.8 Å². The van der Waals surface area contributed by atoms with Gasteiger partial charge in [-0.25, -0.2) is 4.39 Å². The normalized spacial score (nSPS) is 10.3. The van der Waals surface area contributed by atoms with Gasteiger partial charge in [-0.15, -0.1) is 0 Å². The van der Waals surface area contributed by atoms with E-state index in [4.69, 9.17) is 9.47 Å². The quantitative estimate of drug-likeness (QED) is 0.808. The van der Waals surface area contributed by atoms with E-state index in [1.165, 1.54) is 6.07 Å². The van der Waals surface area contributed by atoms with E-state index in [1.807, 2.05) is 18.2 Å². The summed E-state index contributed by atoms with van der Waals surface area (Å²) in [6.45, 7) is 0.422. The first-order chi connectivity index (χ1) is 11.6. The zero-order valence-corrected chi connectivity index (χ0v) is 14.0. The lowest BCUT2D eigenvalue weighted by Crippen LogP contribution is -2.26. The molecule has 2 rings (SSSR count). The third-order valence-electron chi connectivity index (χ3n) is 3.76. The molecule has 0 bridgehead atoms. The zero-order chi connectivity index (χ0) is 17.4. The summed E-state index contributed by atoms with van der Waals surface area (Å²) in [7, 11) is 3.16. The Bertz CT molecular complexity index is 688. The van der Waals surface area contributed by atoms with E-state index < -0.39 is 0 Å². The number of amides is 1. The molecule has 0 aromatic heterocycles. The monoisotopic (exact) mass is 331 g/mol. The number of hydrogen-bond donors (Lipinski definition) is 1. The summed E-state index contributed by atoms with van der Waals surface area (Å²) in [5, 5.41) is 2.82. The molecule has 0 atom stereocenters. The summed E-state index contributed by atoms with van der Waals surface area (Å²) in [5.41, 5.74) is 1.61. The molecule has 0 aliphatic carbocycles. The number of nitrogens with one attached hydrogen (secondary N) is 1. The average molecular weight is 331 g/mol. The molecule has 2 aromatic carbocycles. The Kier molecular flexibility index (Phi) is 6.61. The Labute approximate surface area is 141 Å². The fraction of sp³-hybridized carbons (Fsp3) is 0.316. The van der Waals surface area contributed by atoms with Gasteiger partial charge >= 0.3 is 0 Å². The lowest BCUT2D eigenvalue weighted by molar-refractivity contribution is -0.121. The minimum absolute atomic E-state index is 0.0545. The zero-order valence-electron chi connectivity index (χ0n) is 14.0. The van der Waals surface area contributed by atoms with Crippen LogP contribution in [0.1, 0.15) is 17.5 Å². The first-order valence-electron chi connectivity index (χ1n) is 7.85. The SMILES string of the molecule is COc1ccc(CCC(=O)NCCc2ccccc2F)cc1OC. The molecule has 1 amide bonds. The number of hydrogen-bond acceptors (Lipinski definition) is 3. The fourth-order valence-corrected chi connectivity index (χ4v) is 2.42. The smallest absolute Gasteiger partial charge is 0.220 e. The Hall–Kier alpha value is -2.56. The van der Waals surface area contributed by atoms with E-state index in [1.54, 1.807) is 32.4 Å². The molecule has 0 aliphatic rings. The van der Waals surface area contributed by atoms with E-state index in [-0.39, 0.29) is 11.7 Å². The minimum Gasteiger partial charge on any atom is -0.493 e. The van der Waals surface area contributed by atoms with Gasteiger partial charge in [0.25, 0.3) is 0 Å². The first kappa shape index (κ1) is 17.8. The van der Waals surface area contributed by atoms with Crippen LogP contribution in [0.5, 0.6) is 11.5 Å². The van der Waals surface area contributed by atoms with E-state index >= 15 is 0 Å². The minimum atomic E-state index is -0.239. The number of carbonyl (C=O) groups excluding carboxylic acids is 1. The molecule has 0 radical (unpaired) electrons. The maximum Gasteiger partial charge on any atom is 0.220 e. The molecule has 4 nitrogen and oxygen atoms in total. The summed E-state index contributed by atoms with van der Waals surface area (Å²) >= 11 is 0. The molecule has 5 heteroatoms. The van der Waals surface area contributed by atoms with Crippen LogP contribution >= 0.6 is 0 Å². The molecule has 0 fully saturated rings. The predicted octanol–water partition coefficient (Wildman–Crippen LogP) is 3.13. The van der Waals surface area contributed by atoms with Gasteiger partial charge in [-0.05, 0) is 42.2 Å². The van der Waals surface area contributed by atoms with Gasteiger partial charge in [-0.1, -0.05) is 24.3 Å². The van der Waals surface area contributed by atoms with Crippen molar-refractivity contribution >= 4 is 5.91 Å². The van der Waals surface area contributed by atoms with Gasteiger partial charge in [0.15, 0.2) is 11.5 Å². The molecular formula is C19H22FNO3. The van der Waals surface area contributed by atoms with Crippen LogP contribution in [-0.2, 0) is 17.6 Å². The van der Waals surface area contributed by atoms with Crippen molar-refractivity contribution in [2.45, 2.75) is 19.3 Å². The molecule has 1 N–H and O–H groups in total. The fourth-order valence-electron chi connectivity index (χ4n) is 2.42. The maximum absolute atomic E-state index is 13.5. The van der Waals surface area contributed by atoms with Gasteiger partial charge in [0.1, 0.15) is 5.82 Å².